The van der Waals surface area contributed by atoms with E-state index in [4.69, 9.17) is 25.8 Å². The molecule has 0 bridgehead atoms. The summed E-state index contributed by atoms with van der Waals surface area (Å²) in [6.07, 6.45) is 0. The Balaban J connectivity index is 1.69. The summed E-state index contributed by atoms with van der Waals surface area (Å²) in [6, 6.07) is 8.95. The highest BCUT2D eigenvalue weighted by atomic mass is 35.5. The number of carbonyl (C=O) groups excluding carboxylic acids is 2. The normalized spacial score (nSPS) is 14.6. The number of anilines is 1. The smallest absolute Gasteiger partial charge is 0.338 e. The van der Waals surface area contributed by atoms with E-state index in [0.29, 0.717) is 35.2 Å². The van der Waals surface area contributed by atoms with Crippen molar-refractivity contribution in [1.29, 1.82) is 0 Å². The van der Waals surface area contributed by atoms with Gasteiger partial charge in [-0.25, -0.2) is 13.2 Å². The van der Waals surface area contributed by atoms with Crippen molar-refractivity contribution >= 4 is 39.2 Å². The van der Waals surface area contributed by atoms with Crippen LogP contribution in [0.25, 0.3) is 0 Å². The highest BCUT2D eigenvalue weighted by Gasteiger charge is 2.28. The van der Waals surface area contributed by atoms with Crippen molar-refractivity contribution in [3.63, 3.8) is 0 Å². The summed E-state index contributed by atoms with van der Waals surface area (Å²) < 4.78 is 42.7. The lowest BCUT2D eigenvalue weighted by atomic mass is 10.1. The molecule has 0 spiro atoms. The SMILES string of the molecule is COc1ccc(Cl)cc1NC(=O)COC(=O)c1ccc(C)c(S(=O)(=O)N2CCOCC2)c1. The molecule has 0 atom stereocenters. The first kappa shape index (κ1) is 24.0. The van der Waals surface area contributed by atoms with Crippen molar-refractivity contribution in [2.24, 2.45) is 0 Å². The predicted octanol–water partition coefficient (Wildman–Crippen LogP) is 2.47. The second kappa shape index (κ2) is 10.3. The Kier molecular flexibility index (Phi) is 7.73. The van der Waals surface area contributed by atoms with Gasteiger partial charge in [0, 0.05) is 18.1 Å². The van der Waals surface area contributed by atoms with Crippen LogP contribution in [-0.2, 0) is 24.3 Å². The van der Waals surface area contributed by atoms with Gasteiger partial charge in [-0.05, 0) is 42.8 Å². The van der Waals surface area contributed by atoms with Gasteiger partial charge in [-0.2, -0.15) is 4.31 Å². The van der Waals surface area contributed by atoms with Gasteiger partial charge in [-0.15, -0.1) is 0 Å². The average molecular weight is 483 g/mol. The van der Waals surface area contributed by atoms with E-state index in [0.717, 1.165) is 0 Å². The standard InChI is InChI=1S/C21H23ClN2O7S/c1-14-3-4-15(11-19(14)32(27,28)24-7-9-30-10-8-24)21(26)31-13-20(25)23-17-12-16(22)5-6-18(17)29-2/h3-6,11-12H,7-10,13H2,1-2H3,(H,23,25). The summed E-state index contributed by atoms with van der Waals surface area (Å²) in [4.78, 5) is 24.7. The Morgan fingerprint density at radius 2 is 1.88 bits per heavy atom. The zero-order valence-corrected chi connectivity index (χ0v) is 19.2. The van der Waals surface area contributed by atoms with E-state index in [2.05, 4.69) is 5.32 Å². The van der Waals surface area contributed by atoms with Gasteiger partial charge in [-0.3, -0.25) is 4.79 Å². The topological polar surface area (TPSA) is 111 Å². The maximum Gasteiger partial charge on any atom is 0.338 e. The fraction of sp³-hybridized carbons (Fsp3) is 0.333. The zero-order chi connectivity index (χ0) is 23.3. The van der Waals surface area contributed by atoms with Gasteiger partial charge in [0.1, 0.15) is 5.75 Å². The van der Waals surface area contributed by atoms with Crippen LogP contribution in [0.5, 0.6) is 5.75 Å². The third kappa shape index (κ3) is 5.57. The third-order valence-corrected chi connectivity index (χ3v) is 7.06. The second-order valence-corrected chi connectivity index (χ2v) is 9.31. The minimum atomic E-state index is -3.79. The van der Waals surface area contributed by atoms with Crippen molar-refractivity contribution in [1.82, 2.24) is 4.31 Å². The molecule has 3 rings (SSSR count). The van der Waals surface area contributed by atoms with Gasteiger partial charge in [0.05, 0.1) is 36.5 Å². The predicted molar refractivity (Wildman–Crippen MR) is 118 cm³/mol. The number of sulfonamides is 1. The van der Waals surface area contributed by atoms with E-state index in [1.807, 2.05) is 0 Å². The molecule has 1 N–H and O–H groups in total. The summed E-state index contributed by atoms with van der Waals surface area (Å²) in [7, 11) is -2.35. The highest BCUT2D eigenvalue weighted by Crippen LogP contribution is 2.27. The molecule has 1 aliphatic rings. The zero-order valence-electron chi connectivity index (χ0n) is 17.6. The van der Waals surface area contributed by atoms with Crippen molar-refractivity contribution < 1.29 is 32.2 Å². The van der Waals surface area contributed by atoms with E-state index >= 15 is 0 Å². The quantitative estimate of drug-likeness (QED) is 0.603. The average Bonchev–Trinajstić information content (AvgIpc) is 2.78. The maximum absolute atomic E-state index is 13.0. The summed E-state index contributed by atoms with van der Waals surface area (Å²) in [5, 5.41) is 2.95. The summed E-state index contributed by atoms with van der Waals surface area (Å²) in [5.74, 6) is -1.03. The molecule has 2 aromatic rings. The second-order valence-electron chi connectivity index (χ2n) is 6.97. The molecule has 0 aliphatic carbocycles. The summed E-state index contributed by atoms with van der Waals surface area (Å²) >= 11 is 5.93. The number of methoxy groups -OCH3 is 1. The Morgan fingerprint density at radius 3 is 2.56 bits per heavy atom. The molecule has 0 aromatic heterocycles. The van der Waals surface area contributed by atoms with E-state index in [-0.39, 0.29) is 23.5 Å². The Labute approximate surface area is 191 Å². The van der Waals surface area contributed by atoms with Crippen LogP contribution in [0.3, 0.4) is 0 Å². The van der Waals surface area contributed by atoms with Gasteiger partial charge in [0.2, 0.25) is 10.0 Å². The number of nitrogens with zero attached hydrogens (tertiary/aromatic N) is 1. The van der Waals surface area contributed by atoms with Crippen molar-refractivity contribution in [3.05, 3.63) is 52.5 Å². The maximum atomic E-state index is 13.0. The molecule has 0 radical (unpaired) electrons. The number of halogens is 1. The Hall–Kier alpha value is -2.66. The number of nitrogens with one attached hydrogen (secondary N) is 1. The molecule has 1 aliphatic heterocycles. The lowest BCUT2D eigenvalue weighted by Crippen LogP contribution is -2.40. The molecule has 9 nitrogen and oxygen atoms in total. The first-order valence-electron chi connectivity index (χ1n) is 9.71. The molecule has 32 heavy (non-hydrogen) atoms. The minimum absolute atomic E-state index is 0.0157. The summed E-state index contributed by atoms with van der Waals surface area (Å²) in [6.45, 7) is 2.18. The van der Waals surface area contributed by atoms with E-state index in [1.165, 1.54) is 35.7 Å². The van der Waals surface area contributed by atoms with Crippen molar-refractivity contribution in [2.45, 2.75) is 11.8 Å². The van der Waals surface area contributed by atoms with Crippen LogP contribution in [0, 0.1) is 6.92 Å². The summed E-state index contributed by atoms with van der Waals surface area (Å²) in [5.41, 5.74) is 0.852. The molecule has 1 amide bonds. The molecule has 0 unspecified atom stereocenters. The van der Waals surface area contributed by atoms with Crippen LogP contribution < -0.4 is 10.1 Å². The van der Waals surface area contributed by atoms with Crippen LogP contribution >= 0.6 is 11.6 Å². The van der Waals surface area contributed by atoms with E-state index in [1.54, 1.807) is 19.1 Å². The van der Waals surface area contributed by atoms with Gasteiger partial charge in [0.15, 0.2) is 6.61 Å². The minimum Gasteiger partial charge on any atom is -0.495 e. The van der Waals surface area contributed by atoms with Crippen LogP contribution in [0.15, 0.2) is 41.3 Å². The van der Waals surface area contributed by atoms with Gasteiger partial charge < -0.3 is 19.5 Å². The number of benzene rings is 2. The number of esters is 1. The fourth-order valence-corrected chi connectivity index (χ4v) is 4.94. The molecule has 1 saturated heterocycles. The molecule has 1 fully saturated rings. The first-order chi connectivity index (χ1) is 15.2. The van der Waals surface area contributed by atoms with Crippen LogP contribution in [0.4, 0.5) is 5.69 Å². The van der Waals surface area contributed by atoms with Crippen molar-refractivity contribution in [2.75, 3.05) is 45.3 Å². The first-order valence-corrected chi connectivity index (χ1v) is 11.5. The number of ether oxygens (including phenoxy) is 3. The number of hydrogen-bond acceptors (Lipinski definition) is 7. The van der Waals surface area contributed by atoms with Crippen LogP contribution in [-0.4, -0.2) is 64.6 Å². The van der Waals surface area contributed by atoms with Gasteiger partial charge in [0.25, 0.3) is 5.91 Å². The number of aryl methyl sites for hydroxylation is 1. The van der Waals surface area contributed by atoms with Gasteiger partial charge >= 0.3 is 5.97 Å². The molecule has 0 saturated carbocycles. The Morgan fingerprint density at radius 1 is 1.16 bits per heavy atom. The number of morpholine rings is 1. The van der Waals surface area contributed by atoms with Crippen LogP contribution in [0.2, 0.25) is 5.02 Å². The number of rotatable bonds is 7. The van der Waals surface area contributed by atoms with Crippen molar-refractivity contribution in [3.8, 4) is 5.75 Å². The highest BCUT2D eigenvalue weighted by molar-refractivity contribution is 7.89. The number of amides is 1. The molecule has 2 aromatic carbocycles. The molecule has 172 valence electrons. The monoisotopic (exact) mass is 482 g/mol. The number of hydrogen-bond donors (Lipinski definition) is 1. The largest absolute Gasteiger partial charge is 0.495 e. The molecule has 11 heteroatoms. The van der Waals surface area contributed by atoms with E-state index < -0.39 is 28.5 Å². The molecule has 1 heterocycles. The van der Waals surface area contributed by atoms with Gasteiger partial charge in [-0.1, -0.05) is 17.7 Å². The third-order valence-electron chi connectivity index (χ3n) is 4.78. The Bertz CT molecular complexity index is 1120. The fourth-order valence-electron chi connectivity index (χ4n) is 3.11. The lowest BCUT2D eigenvalue weighted by Gasteiger charge is -2.26. The molecular weight excluding hydrogens is 460 g/mol. The lowest BCUT2D eigenvalue weighted by molar-refractivity contribution is -0.119. The number of carbonyl (C=O) groups is 2. The molecular formula is C21H23ClN2O7S. The van der Waals surface area contributed by atoms with E-state index in [9.17, 15) is 18.0 Å². The van der Waals surface area contributed by atoms with Crippen LogP contribution in [0.1, 0.15) is 15.9 Å².